The lowest BCUT2D eigenvalue weighted by molar-refractivity contribution is -0.130. The zero-order chi connectivity index (χ0) is 17.1. The second-order valence-electron chi connectivity index (χ2n) is 7.93. The zero-order valence-corrected chi connectivity index (χ0v) is 15.2. The van der Waals surface area contributed by atoms with Gasteiger partial charge in [0.1, 0.15) is 5.75 Å². The van der Waals surface area contributed by atoms with Gasteiger partial charge in [0.25, 0.3) is 0 Å². The van der Waals surface area contributed by atoms with E-state index in [9.17, 15) is 4.79 Å². The van der Waals surface area contributed by atoms with Crippen LogP contribution in [0.3, 0.4) is 0 Å². The Morgan fingerprint density at radius 2 is 1.92 bits per heavy atom. The van der Waals surface area contributed by atoms with Gasteiger partial charge in [-0.3, -0.25) is 4.79 Å². The number of fused-ring (bicyclic) bond motifs is 1. The molecule has 0 unspecified atom stereocenters. The largest absolute Gasteiger partial charge is 0.493 e. The number of hydrogen-bond acceptors (Lipinski definition) is 3. The molecule has 0 aliphatic carbocycles. The van der Waals surface area contributed by atoms with Crippen LogP contribution >= 0.6 is 0 Å². The van der Waals surface area contributed by atoms with Gasteiger partial charge in [-0.25, -0.2) is 0 Å². The van der Waals surface area contributed by atoms with Gasteiger partial charge < -0.3 is 14.5 Å². The van der Waals surface area contributed by atoms with Gasteiger partial charge in [0.05, 0.1) is 6.61 Å². The van der Waals surface area contributed by atoms with Crippen LogP contribution in [0.1, 0.15) is 50.0 Å². The number of para-hydroxylation sites is 1. The lowest BCUT2D eigenvalue weighted by atomic mass is 9.90. The van der Waals surface area contributed by atoms with Crippen molar-refractivity contribution < 1.29 is 9.53 Å². The van der Waals surface area contributed by atoms with Gasteiger partial charge in [0.15, 0.2) is 0 Å². The molecule has 0 saturated carbocycles. The Morgan fingerprint density at radius 1 is 1.08 bits per heavy atom. The molecule has 4 heteroatoms. The average Bonchev–Trinajstić information content (AvgIpc) is 3.11. The minimum atomic E-state index is 0.318. The van der Waals surface area contributed by atoms with E-state index in [1.807, 2.05) is 12.1 Å². The zero-order valence-electron chi connectivity index (χ0n) is 15.2. The van der Waals surface area contributed by atoms with Gasteiger partial charge in [0.2, 0.25) is 5.91 Å². The predicted molar refractivity (Wildman–Crippen MR) is 98.9 cm³/mol. The van der Waals surface area contributed by atoms with Crippen molar-refractivity contribution in [3.8, 4) is 5.75 Å². The standard InChI is InChI=1S/C21H30N2O2/c24-21(14-18-9-13-25-20-7-3-2-6-19(18)20)23-12-8-17(16-23)15-22-10-4-1-5-11-22/h2-3,6-7,17-18H,1,4-5,8-16H2/t17-,18-/m1/s1. The molecular formula is C21H30N2O2. The molecule has 0 aromatic heterocycles. The van der Waals surface area contributed by atoms with E-state index < -0.39 is 0 Å². The fourth-order valence-corrected chi connectivity index (χ4v) is 4.68. The van der Waals surface area contributed by atoms with Crippen LogP contribution in [0.2, 0.25) is 0 Å². The molecule has 4 rings (SSSR count). The van der Waals surface area contributed by atoms with Crippen LogP contribution in [0.15, 0.2) is 24.3 Å². The molecule has 0 radical (unpaired) electrons. The highest BCUT2D eigenvalue weighted by atomic mass is 16.5. The van der Waals surface area contributed by atoms with E-state index in [1.54, 1.807) is 0 Å². The van der Waals surface area contributed by atoms with Crippen molar-refractivity contribution in [3.63, 3.8) is 0 Å². The summed E-state index contributed by atoms with van der Waals surface area (Å²) in [7, 11) is 0. The molecule has 136 valence electrons. The first kappa shape index (κ1) is 16.9. The minimum absolute atomic E-state index is 0.318. The van der Waals surface area contributed by atoms with Crippen LogP contribution in [0.25, 0.3) is 0 Å². The van der Waals surface area contributed by atoms with E-state index >= 15 is 0 Å². The molecule has 0 spiro atoms. The van der Waals surface area contributed by atoms with Crippen LogP contribution in [-0.2, 0) is 4.79 Å². The molecule has 2 atom stereocenters. The van der Waals surface area contributed by atoms with Crippen LogP contribution < -0.4 is 4.74 Å². The van der Waals surface area contributed by atoms with Crippen molar-refractivity contribution in [2.75, 3.05) is 39.3 Å². The highest BCUT2D eigenvalue weighted by Gasteiger charge is 2.31. The number of rotatable bonds is 4. The molecule has 3 aliphatic heterocycles. The lowest BCUT2D eigenvalue weighted by Crippen LogP contribution is -2.36. The molecule has 2 saturated heterocycles. The third-order valence-electron chi connectivity index (χ3n) is 6.11. The monoisotopic (exact) mass is 342 g/mol. The van der Waals surface area contributed by atoms with E-state index in [1.165, 1.54) is 50.9 Å². The van der Waals surface area contributed by atoms with Crippen molar-refractivity contribution in [3.05, 3.63) is 29.8 Å². The molecule has 0 bridgehead atoms. The SMILES string of the molecule is O=C(C[C@H]1CCOc2ccccc21)N1CC[C@H](CN2CCCCC2)C1. The minimum Gasteiger partial charge on any atom is -0.493 e. The summed E-state index contributed by atoms with van der Waals surface area (Å²) in [4.78, 5) is 17.6. The van der Waals surface area contributed by atoms with E-state index in [-0.39, 0.29) is 0 Å². The van der Waals surface area contributed by atoms with Crippen LogP contribution in [0.4, 0.5) is 0 Å². The first-order valence-electron chi connectivity index (χ1n) is 10.0. The fourth-order valence-electron chi connectivity index (χ4n) is 4.68. The lowest BCUT2D eigenvalue weighted by Gasteiger charge is -2.29. The summed E-state index contributed by atoms with van der Waals surface area (Å²) in [5.41, 5.74) is 1.21. The number of amides is 1. The third kappa shape index (κ3) is 4.00. The van der Waals surface area contributed by atoms with Gasteiger partial charge in [-0.05, 0) is 62.2 Å². The van der Waals surface area contributed by atoms with Crippen LogP contribution in [0, 0.1) is 5.92 Å². The molecule has 1 aromatic rings. The topological polar surface area (TPSA) is 32.8 Å². The fraction of sp³-hybridized carbons (Fsp3) is 0.667. The Balaban J connectivity index is 1.30. The first-order valence-corrected chi connectivity index (χ1v) is 10.0. The maximum atomic E-state index is 12.8. The summed E-state index contributed by atoms with van der Waals surface area (Å²) < 4.78 is 5.73. The highest BCUT2D eigenvalue weighted by Crippen LogP contribution is 2.36. The number of carbonyl (C=O) groups is 1. The number of carbonyl (C=O) groups excluding carboxylic acids is 1. The summed E-state index contributed by atoms with van der Waals surface area (Å²) in [5.74, 6) is 2.29. The summed E-state index contributed by atoms with van der Waals surface area (Å²) >= 11 is 0. The van der Waals surface area contributed by atoms with Crippen molar-refractivity contribution in [1.82, 2.24) is 9.80 Å². The second kappa shape index (κ2) is 7.77. The van der Waals surface area contributed by atoms with Gasteiger partial charge in [-0.1, -0.05) is 24.6 Å². The van der Waals surface area contributed by atoms with Gasteiger partial charge in [0, 0.05) is 26.1 Å². The van der Waals surface area contributed by atoms with E-state index in [2.05, 4.69) is 21.9 Å². The smallest absolute Gasteiger partial charge is 0.223 e. The molecule has 3 heterocycles. The van der Waals surface area contributed by atoms with E-state index in [4.69, 9.17) is 4.74 Å². The van der Waals surface area contributed by atoms with E-state index in [0.717, 1.165) is 31.9 Å². The van der Waals surface area contributed by atoms with Crippen molar-refractivity contribution >= 4 is 5.91 Å². The average molecular weight is 342 g/mol. The molecule has 0 N–H and O–H groups in total. The van der Waals surface area contributed by atoms with Crippen molar-refractivity contribution in [2.24, 2.45) is 5.92 Å². The molecule has 1 amide bonds. The van der Waals surface area contributed by atoms with Gasteiger partial charge >= 0.3 is 0 Å². The predicted octanol–water partition coefficient (Wildman–Crippen LogP) is 3.28. The van der Waals surface area contributed by atoms with Gasteiger partial charge in [-0.15, -0.1) is 0 Å². The number of ether oxygens (including phenoxy) is 1. The molecular weight excluding hydrogens is 312 g/mol. The highest BCUT2D eigenvalue weighted by molar-refractivity contribution is 5.77. The maximum Gasteiger partial charge on any atom is 0.223 e. The summed E-state index contributed by atoms with van der Waals surface area (Å²) in [5, 5.41) is 0. The molecule has 4 nitrogen and oxygen atoms in total. The number of nitrogens with zero attached hydrogens (tertiary/aromatic N) is 2. The second-order valence-corrected chi connectivity index (χ2v) is 7.93. The Labute approximate surface area is 151 Å². The summed E-state index contributed by atoms with van der Waals surface area (Å²) in [6.07, 6.45) is 6.84. The Morgan fingerprint density at radius 3 is 2.80 bits per heavy atom. The quantitative estimate of drug-likeness (QED) is 0.842. The molecule has 3 aliphatic rings. The van der Waals surface area contributed by atoms with E-state index in [0.29, 0.717) is 24.2 Å². The van der Waals surface area contributed by atoms with Crippen molar-refractivity contribution in [1.29, 1.82) is 0 Å². The normalized spacial score (nSPS) is 27.0. The number of likely N-dealkylation sites (tertiary alicyclic amines) is 2. The van der Waals surface area contributed by atoms with Crippen LogP contribution in [-0.4, -0.2) is 55.0 Å². The first-order chi connectivity index (χ1) is 12.3. The Kier molecular flexibility index (Phi) is 5.25. The van der Waals surface area contributed by atoms with Crippen LogP contribution in [0.5, 0.6) is 5.75 Å². The summed E-state index contributed by atoms with van der Waals surface area (Å²) in [6.45, 7) is 6.32. The maximum absolute atomic E-state index is 12.8. The number of piperidine rings is 1. The Hall–Kier alpha value is -1.55. The molecule has 1 aromatic carbocycles. The summed E-state index contributed by atoms with van der Waals surface area (Å²) in [6, 6.07) is 8.20. The van der Waals surface area contributed by atoms with Gasteiger partial charge in [-0.2, -0.15) is 0 Å². The number of hydrogen-bond donors (Lipinski definition) is 0. The Bertz CT molecular complexity index is 597. The molecule has 25 heavy (non-hydrogen) atoms. The van der Waals surface area contributed by atoms with Crippen molar-refractivity contribution in [2.45, 2.75) is 44.4 Å². The number of benzene rings is 1. The third-order valence-corrected chi connectivity index (χ3v) is 6.11. The molecule has 2 fully saturated rings.